The predicted molar refractivity (Wildman–Crippen MR) is 105 cm³/mol. The van der Waals surface area contributed by atoms with E-state index in [-0.39, 0.29) is 0 Å². The molecule has 0 radical (unpaired) electrons. The van der Waals surface area contributed by atoms with Crippen molar-refractivity contribution < 1.29 is 9.47 Å². The van der Waals surface area contributed by atoms with Crippen LogP contribution in [0.15, 0.2) is 47.6 Å². The Morgan fingerprint density at radius 2 is 1.96 bits per heavy atom. The van der Waals surface area contributed by atoms with Crippen LogP contribution in [0.1, 0.15) is 17.0 Å². The Balaban J connectivity index is 1.65. The van der Waals surface area contributed by atoms with Crippen LogP contribution in [-0.4, -0.2) is 28.2 Å². The monoisotopic (exact) mass is 386 g/mol. The molecule has 0 atom stereocenters. The topological polar surface area (TPSA) is 99.6 Å². The molecule has 3 rings (SSSR count). The predicted octanol–water partition coefficient (Wildman–Crippen LogP) is 2.99. The Labute approximate surface area is 161 Å². The molecule has 3 aromatic rings. The Morgan fingerprint density at radius 1 is 1.19 bits per heavy atom. The molecule has 1 heterocycles. The van der Waals surface area contributed by atoms with E-state index in [9.17, 15) is 0 Å². The lowest BCUT2D eigenvalue weighted by molar-refractivity contribution is 0.284. The molecule has 0 saturated carbocycles. The van der Waals surface area contributed by atoms with E-state index in [1.807, 2.05) is 42.5 Å². The van der Waals surface area contributed by atoms with Gasteiger partial charge in [-0.3, -0.25) is 0 Å². The maximum Gasteiger partial charge on any atom is 0.263 e. The number of nitrogens with zero attached hydrogens (tertiary/aromatic N) is 4. The van der Waals surface area contributed by atoms with Crippen molar-refractivity contribution in [3.05, 3.63) is 64.4 Å². The summed E-state index contributed by atoms with van der Waals surface area (Å²) >= 11 is 5.89. The average molecular weight is 387 g/mol. The minimum atomic E-state index is 0.346. The molecule has 140 valence electrons. The van der Waals surface area contributed by atoms with Crippen LogP contribution in [0.2, 0.25) is 5.02 Å². The van der Waals surface area contributed by atoms with E-state index in [0.29, 0.717) is 34.9 Å². The first-order chi connectivity index (χ1) is 13.1. The lowest BCUT2D eigenvalue weighted by atomic mass is 10.2. The van der Waals surface area contributed by atoms with Gasteiger partial charge in [0.05, 0.1) is 13.3 Å². The highest BCUT2D eigenvalue weighted by molar-refractivity contribution is 6.30. The molecule has 9 heteroatoms. The molecule has 0 spiro atoms. The average Bonchev–Trinajstić information content (AvgIpc) is 3.00. The number of aromatic nitrogens is 3. The molecule has 0 unspecified atom stereocenters. The second-order valence-corrected chi connectivity index (χ2v) is 6.07. The molecule has 0 fully saturated rings. The third-order valence-corrected chi connectivity index (χ3v) is 3.99. The van der Waals surface area contributed by atoms with Crippen molar-refractivity contribution in [1.82, 2.24) is 14.9 Å². The summed E-state index contributed by atoms with van der Waals surface area (Å²) in [5, 5.41) is 12.5. The molecular formula is C18H19ClN6O2. The van der Waals surface area contributed by atoms with Crippen LogP contribution in [0.5, 0.6) is 11.5 Å². The third kappa shape index (κ3) is 4.68. The Kier molecular flexibility index (Phi) is 5.77. The molecule has 8 nitrogen and oxygen atoms in total. The van der Waals surface area contributed by atoms with E-state index < -0.39 is 0 Å². The van der Waals surface area contributed by atoms with Gasteiger partial charge in [-0.05, 0) is 48.4 Å². The van der Waals surface area contributed by atoms with Gasteiger partial charge in [0.2, 0.25) is 0 Å². The van der Waals surface area contributed by atoms with Crippen LogP contribution in [-0.2, 0) is 6.61 Å². The van der Waals surface area contributed by atoms with Crippen molar-refractivity contribution in [3.8, 4) is 11.5 Å². The summed E-state index contributed by atoms with van der Waals surface area (Å²) in [6, 6.07) is 13.0. The van der Waals surface area contributed by atoms with Crippen molar-refractivity contribution >= 4 is 23.8 Å². The number of nitrogens with one attached hydrogen (secondary N) is 1. The minimum absolute atomic E-state index is 0.346. The second kappa shape index (κ2) is 8.41. The molecule has 3 N–H and O–H groups in total. The Bertz CT molecular complexity index is 940. The zero-order chi connectivity index (χ0) is 19.2. The van der Waals surface area contributed by atoms with Crippen LogP contribution in [0, 0.1) is 6.92 Å². The number of methoxy groups -OCH3 is 1. The third-order valence-electron chi connectivity index (χ3n) is 3.74. The molecule has 0 bridgehead atoms. The SMILES string of the molecule is COc1cc(/C=N\Nc2nnc(C)n2N)ccc1OCc1ccc(Cl)cc1. The number of nitrogens with two attached hydrogens (primary N) is 1. The van der Waals surface area contributed by atoms with Crippen molar-refractivity contribution in [3.63, 3.8) is 0 Å². The maximum absolute atomic E-state index is 5.89. The van der Waals surface area contributed by atoms with Gasteiger partial charge in [-0.2, -0.15) is 5.10 Å². The number of nitrogen functional groups attached to an aromatic ring is 1. The molecule has 0 amide bonds. The largest absolute Gasteiger partial charge is 0.493 e. The number of ether oxygens (including phenoxy) is 2. The fourth-order valence-electron chi connectivity index (χ4n) is 2.24. The molecular weight excluding hydrogens is 368 g/mol. The van der Waals surface area contributed by atoms with E-state index in [1.165, 1.54) is 4.68 Å². The van der Waals surface area contributed by atoms with E-state index in [0.717, 1.165) is 11.1 Å². The molecule has 0 aliphatic carbocycles. The first-order valence-corrected chi connectivity index (χ1v) is 8.46. The second-order valence-electron chi connectivity index (χ2n) is 5.64. The van der Waals surface area contributed by atoms with Gasteiger partial charge in [-0.15, -0.1) is 10.2 Å². The van der Waals surface area contributed by atoms with E-state index in [2.05, 4.69) is 20.7 Å². The highest BCUT2D eigenvalue weighted by Crippen LogP contribution is 2.28. The summed E-state index contributed by atoms with van der Waals surface area (Å²) in [5.41, 5.74) is 4.57. The Morgan fingerprint density at radius 3 is 2.63 bits per heavy atom. The first-order valence-electron chi connectivity index (χ1n) is 8.08. The Hall–Kier alpha value is -3.26. The normalized spacial score (nSPS) is 10.9. The van der Waals surface area contributed by atoms with Crippen LogP contribution >= 0.6 is 11.6 Å². The minimum Gasteiger partial charge on any atom is -0.493 e. The fourth-order valence-corrected chi connectivity index (χ4v) is 2.36. The van der Waals surface area contributed by atoms with Crippen molar-refractivity contribution in [2.75, 3.05) is 18.4 Å². The summed E-state index contributed by atoms with van der Waals surface area (Å²) in [4.78, 5) is 0. The lowest BCUT2D eigenvalue weighted by Gasteiger charge is -2.11. The van der Waals surface area contributed by atoms with Gasteiger partial charge >= 0.3 is 0 Å². The van der Waals surface area contributed by atoms with E-state index in [4.69, 9.17) is 26.9 Å². The highest BCUT2D eigenvalue weighted by atomic mass is 35.5. The summed E-state index contributed by atoms with van der Waals surface area (Å²) < 4.78 is 12.6. The summed E-state index contributed by atoms with van der Waals surface area (Å²) in [6.07, 6.45) is 1.62. The van der Waals surface area contributed by atoms with Crippen molar-refractivity contribution in [2.24, 2.45) is 5.10 Å². The molecule has 0 aliphatic rings. The van der Waals surface area contributed by atoms with Crippen molar-refractivity contribution in [1.29, 1.82) is 0 Å². The van der Waals surface area contributed by atoms with Crippen LogP contribution in [0.25, 0.3) is 0 Å². The fraction of sp³-hybridized carbons (Fsp3) is 0.167. The van der Waals surface area contributed by atoms with E-state index >= 15 is 0 Å². The van der Waals surface area contributed by atoms with Gasteiger partial charge in [-0.1, -0.05) is 23.7 Å². The molecule has 0 aliphatic heterocycles. The number of hydrogen-bond donors (Lipinski definition) is 2. The zero-order valence-corrected chi connectivity index (χ0v) is 15.6. The molecule has 2 aromatic carbocycles. The van der Waals surface area contributed by atoms with Gasteiger partial charge in [0, 0.05) is 5.02 Å². The molecule has 1 aromatic heterocycles. The summed E-state index contributed by atoms with van der Waals surface area (Å²) in [5.74, 6) is 7.91. The number of halogens is 1. The number of rotatable bonds is 7. The number of anilines is 1. The van der Waals surface area contributed by atoms with Crippen LogP contribution < -0.4 is 20.7 Å². The van der Waals surface area contributed by atoms with Gasteiger partial charge in [-0.25, -0.2) is 10.1 Å². The number of hydrogen-bond acceptors (Lipinski definition) is 7. The quantitative estimate of drug-likeness (QED) is 0.368. The zero-order valence-electron chi connectivity index (χ0n) is 14.9. The molecule has 0 saturated heterocycles. The number of benzene rings is 2. The van der Waals surface area contributed by atoms with Gasteiger partial charge < -0.3 is 15.3 Å². The van der Waals surface area contributed by atoms with Gasteiger partial charge in [0.25, 0.3) is 5.95 Å². The summed E-state index contributed by atoms with van der Waals surface area (Å²) in [6.45, 7) is 2.16. The van der Waals surface area contributed by atoms with Gasteiger partial charge in [0.15, 0.2) is 17.3 Å². The van der Waals surface area contributed by atoms with Crippen molar-refractivity contribution in [2.45, 2.75) is 13.5 Å². The summed E-state index contributed by atoms with van der Waals surface area (Å²) in [7, 11) is 1.59. The maximum atomic E-state index is 5.89. The highest BCUT2D eigenvalue weighted by Gasteiger charge is 2.06. The smallest absolute Gasteiger partial charge is 0.263 e. The van der Waals surface area contributed by atoms with Crippen LogP contribution in [0.3, 0.4) is 0 Å². The standard InChI is InChI=1S/C18H19ClN6O2/c1-12-22-24-18(25(12)20)23-21-10-14-5-8-16(17(9-14)26-2)27-11-13-3-6-15(19)7-4-13/h3-10H,11,20H2,1-2H3,(H,23,24)/b21-10-. The number of hydrazone groups is 1. The van der Waals surface area contributed by atoms with E-state index in [1.54, 1.807) is 20.2 Å². The molecule has 27 heavy (non-hydrogen) atoms. The number of aryl methyl sites for hydroxylation is 1. The van der Waals surface area contributed by atoms with Gasteiger partial charge in [0.1, 0.15) is 6.61 Å². The van der Waals surface area contributed by atoms with Crippen LogP contribution in [0.4, 0.5) is 5.95 Å². The first kappa shape index (κ1) is 18.5. The lowest BCUT2D eigenvalue weighted by Crippen LogP contribution is -2.13.